The second-order valence-electron chi connectivity index (χ2n) is 7.90. The summed E-state index contributed by atoms with van der Waals surface area (Å²) in [5.74, 6) is -2.81. The quantitative estimate of drug-likeness (QED) is 0.222. The Labute approximate surface area is 210 Å². The van der Waals surface area contributed by atoms with Gasteiger partial charge in [0.05, 0.1) is 24.0 Å². The van der Waals surface area contributed by atoms with E-state index in [-0.39, 0.29) is 34.7 Å². The Hall–Kier alpha value is -4.37. The van der Waals surface area contributed by atoms with Crippen molar-refractivity contribution >= 4 is 40.7 Å². The third kappa shape index (κ3) is 4.48. The van der Waals surface area contributed by atoms with E-state index in [0.717, 1.165) is 6.07 Å². The number of ether oxygens (including phenoxy) is 1. The average Bonchev–Trinajstić information content (AvgIpc) is 2.86. The maximum Gasteiger partial charge on any atom is 0.308 e. The number of nitrogens with zero attached hydrogens (tertiary/aromatic N) is 1. The van der Waals surface area contributed by atoms with Gasteiger partial charge in [0.2, 0.25) is 5.78 Å². The molecule has 10 heteroatoms. The Balaban J connectivity index is 1.78. The molecule has 0 radical (unpaired) electrons. The zero-order valence-corrected chi connectivity index (χ0v) is 19.7. The fourth-order valence-corrected chi connectivity index (χ4v) is 4.43. The first-order valence-corrected chi connectivity index (χ1v) is 11.3. The number of nitro benzene ring substituents is 1. The van der Waals surface area contributed by atoms with E-state index in [0.29, 0.717) is 5.56 Å². The smallest absolute Gasteiger partial charge is 0.308 e. The molecule has 0 heterocycles. The minimum atomic E-state index is -0.973. The molecule has 1 atom stereocenters. The van der Waals surface area contributed by atoms with Crippen molar-refractivity contribution in [3.8, 4) is 0 Å². The number of rotatable bonds is 7. The number of amides is 1. The number of carbonyl (C=O) groups excluding carboxylic acids is 4. The minimum absolute atomic E-state index is 0.0203. The molecular formula is C26H19ClN2O7. The highest BCUT2D eigenvalue weighted by Gasteiger charge is 2.39. The van der Waals surface area contributed by atoms with Crippen molar-refractivity contribution in [1.29, 1.82) is 0 Å². The van der Waals surface area contributed by atoms with Crippen LogP contribution in [0.5, 0.6) is 0 Å². The van der Waals surface area contributed by atoms with Gasteiger partial charge in [0.1, 0.15) is 11.1 Å². The van der Waals surface area contributed by atoms with Gasteiger partial charge in [-0.2, -0.15) is 0 Å². The highest BCUT2D eigenvalue weighted by Crippen LogP contribution is 2.36. The van der Waals surface area contributed by atoms with E-state index < -0.39 is 51.2 Å². The van der Waals surface area contributed by atoms with Gasteiger partial charge in [-0.05, 0) is 30.7 Å². The summed E-state index contributed by atoms with van der Waals surface area (Å²) in [6, 6.07) is 13.9. The zero-order valence-electron chi connectivity index (χ0n) is 18.9. The second-order valence-corrected chi connectivity index (χ2v) is 8.31. The Morgan fingerprint density at radius 2 is 1.61 bits per heavy atom. The summed E-state index contributed by atoms with van der Waals surface area (Å²) in [7, 11) is 0. The molecule has 3 aromatic carbocycles. The topological polar surface area (TPSA) is 133 Å². The lowest BCUT2D eigenvalue weighted by atomic mass is 9.82. The fraction of sp³-hybridized carbons (Fsp3) is 0.154. The van der Waals surface area contributed by atoms with Crippen LogP contribution in [0, 0.1) is 10.1 Å². The van der Waals surface area contributed by atoms with E-state index in [1.807, 2.05) is 0 Å². The molecule has 3 aromatic rings. The highest BCUT2D eigenvalue weighted by atomic mass is 35.5. The van der Waals surface area contributed by atoms with E-state index in [1.54, 1.807) is 43.3 Å². The van der Waals surface area contributed by atoms with Crippen molar-refractivity contribution in [2.45, 2.75) is 19.4 Å². The molecule has 9 nitrogen and oxygen atoms in total. The molecule has 0 unspecified atom stereocenters. The van der Waals surface area contributed by atoms with Crippen LogP contribution in [0.3, 0.4) is 0 Å². The molecule has 0 bridgehead atoms. The molecule has 1 aliphatic rings. The fourth-order valence-electron chi connectivity index (χ4n) is 4.16. The van der Waals surface area contributed by atoms with Gasteiger partial charge >= 0.3 is 5.97 Å². The molecule has 0 aliphatic heterocycles. The summed E-state index contributed by atoms with van der Waals surface area (Å²) in [6.07, 6.45) is -0.285. The van der Waals surface area contributed by atoms with E-state index in [4.69, 9.17) is 16.3 Å². The van der Waals surface area contributed by atoms with Crippen molar-refractivity contribution < 1.29 is 28.8 Å². The first kappa shape index (κ1) is 24.7. The zero-order chi connectivity index (χ0) is 26.0. The van der Waals surface area contributed by atoms with Gasteiger partial charge in [-0.3, -0.25) is 29.3 Å². The number of benzene rings is 3. The predicted octanol–water partition coefficient (Wildman–Crippen LogP) is 4.45. The first-order valence-electron chi connectivity index (χ1n) is 10.9. The van der Waals surface area contributed by atoms with Crippen molar-refractivity contribution in [1.82, 2.24) is 5.32 Å². The van der Waals surface area contributed by atoms with Crippen molar-refractivity contribution in [3.05, 3.63) is 109 Å². The predicted molar refractivity (Wildman–Crippen MR) is 129 cm³/mol. The van der Waals surface area contributed by atoms with Gasteiger partial charge in [-0.1, -0.05) is 54.1 Å². The van der Waals surface area contributed by atoms with Gasteiger partial charge in [0, 0.05) is 21.7 Å². The molecule has 0 fully saturated rings. The maximum absolute atomic E-state index is 13.3. The van der Waals surface area contributed by atoms with Crippen molar-refractivity contribution in [2.75, 3.05) is 6.61 Å². The maximum atomic E-state index is 13.3. The Morgan fingerprint density at radius 3 is 2.25 bits per heavy atom. The number of nitro groups is 1. The van der Waals surface area contributed by atoms with Crippen LogP contribution < -0.4 is 5.32 Å². The molecule has 0 saturated carbocycles. The van der Waals surface area contributed by atoms with Crippen molar-refractivity contribution in [3.63, 3.8) is 0 Å². The van der Waals surface area contributed by atoms with Gasteiger partial charge in [0.15, 0.2) is 5.78 Å². The SMILES string of the molecule is CCOC(=O)C[C@H](NC(=O)c1ccc2c(c1[N+](=O)[O-])C(=O)c1ccccc1C2=O)c1ccccc1Cl. The standard InChI is InChI=1S/C26H19ClN2O7/c1-2-36-21(30)13-20(16-9-5-6-10-19(16)27)28-26(33)18-12-11-17-22(23(18)29(34)35)25(32)15-8-4-3-7-14(15)24(17)31/h3-12,20H,2,13H2,1H3,(H,28,33)/t20-/m0/s1. The van der Waals surface area contributed by atoms with Gasteiger partial charge in [-0.25, -0.2) is 0 Å². The normalized spacial score (nSPS) is 12.8. The Kier molecular flexibility index (Phi) is 6.93. The van der Waals surface area contributed by atoms with Crippen LogP contribution in [0.15, 0.2) is 60.7 Å². The van der Waals surface area contributed by atoms with Crippen LogP contribution in [-0.2, 0) is 9.53 Å². The molecule has 1 N–H and O–H groups in total. The van der Waals surface area contributed by atoms with Crippen LogP contribution in [0.2, 0.25) is 5.02 Å². The Morgan fingerprint density at radius 1 is 0.972 bits per heavy atom. The molecular weight excluding hydrogens is 488 g/mol. The monoisotopic (exact) mass is 506 g/mol. The van der Waals surface area contributed by atoms with Crippen LogP contribution >= 0.6 is 11.6 Å². The van der Waals surface area contributed by atoms with Crippen molar-refractivity contribution in [2.24, 2.45) is 0 Å². The molecule has 4 rings (SSSR count). The number of hydrogen-bond donors (Lipinski definition) is 1. The number of esters is 1. The lowest BCUT2D eigenvalue weighted by Crippen LogP contribution is -2.32. The number of nitrogens with one attached hydrogen (secondary N) is 1. The lowest BCUT2D eigenvalue weighted by molar-refractivity contribution is -0.385. The van der Waals surface area contributed by atoms with Crippen LogP contribution in [0.1, 0.15) is 67.2 Å². The largest absolute Gasteiger partial charge is 0.466 e. The number of ketones is 2. The van der Waals surface area contributed by atoms with Gasteiger partial charge in [0.25, 0.3) is 11.6 Å². The van der Waals surface area contributed by atoms with Crippen LogP contribution in [0.25, 0.3) is 0 Å². The Bertz CT molecular complexity index is 1430. The highest BCUT2D eigenvalue weighted by molar-refractivity contribution is 6.31. The summed E-state index contributed by atoms with van der Waals surface area (Å²) < 4.78 is 4.99. The second kappa shape index (κ2) is 10.1. The van der Waals surface area contributed by atoms with Gasteiger partial charge in [-0.15, -0.1) is 0 Å². The number of hydrogen-bond acceptors (Lipinski definition) is 7. The van der Waals surface area contributed by atoms with E-state index >= 15 is 0 Å². The molecule has 0 saturated heterocycles. The van der Waals surface area contributed by atoms with E-state index in [1.165, 1.54) is 18.2 Å². The number of halogens is 1. The lowest BCUT2D eigenvalue weighted by Gasteiger charge is -2.21. The number of carbonyl (C=O) groups is 4. The molecule has 0 aromatic heterocycles. The van der Waals surface area contributed by atoms with Gasteiger partial charge < -0.3 is 10.1 Å². The van der Waals surface area contributed by atoms with Crippen LogP contribution in [-0.4, -0.2) is 35.0 Å². The molecule has 1 aliphatic carbocycles. The first-order chi connectivity index (χ1) is 17.2. The minimum Gasteiger partial charge on any atom is -0.466 e. The average molecular weight is 507 g/mol. The summed E-state index contributed by atoms with van der Waals surface area (Å²) in [6.45, 7) is 1.75. The molecule has 36 heavy (non-hydrogen) atoms. The van der Waals surface area contributed by atoms with Crippen LogP contribution in [0.4, 0.5) is 5.69 Å². The van der Waals surface area contributed by atoms with E-state index in [2.05, 4.69) is 5.32 Å². The summed E-state index contributed by atoms with van der Waals surface area (Å²) in [5, 5.41) is 15.0. The van der Waals surface area contributed by atoms with E-state index in [9.17, 15) is 29.3 Å². The third-order valence-corrected chi connectivity index (χ3v) is 6.10. The number of fused-ring (bicyclic) bond motifs is 2. The molecule has 0 spiro atoms. The molecule has 1 amide bonds. The third-order valence-electron chi connectivity index (χ3n) is 5.76. The summed E-state index contributed by atoms with van der Waals surface area (Å²) >= 11 is 6.27. The summed E-state index contributed by atoms with van der Waals surface area (Å²) in [5.41, 5.74) is -1.26. The summed E-state index contributed by atoms with van der Waals surface area (Å²) in [4.78, 5) is 62.9. The molecule has 182 valence electrons.